The molecule has 0 saturated carbocycles. The van der Waals surface area contributed by atoms with Gasteiger partial charge in [-0.2, -0.15) is 4.31 Å². The second kappa shape index (κ2) is 8.64. The largest absolute Gasteiger partial charge is 0.300 e. The summed E-state index contributed by atoms with van der Waals surface area (Å²) < 4.78 is 66.4. The van der Waals surface area contributed by atoms with Crippen molar-refractivity contribution in [2.45, 2.75) is 9.79 Å². The van der Waals surface area contributed by atoms with Gasteiger partial charge in [0.05, 0.1) is 0 Å². The van der Waals surface area contributed by atoms with Crippen LogP contribution in [0.25, 0.3) is 0 Å². The molecule has 0 radical (unpaired) electrons. The van der Waals surface area contributed by atoms with Gasteiger partial charge in [-0.15, -0.1) is 11.8 Å². The van der Waals surface area contributed by atoms with E-state index in [0.717, 1.165) is 35.4 Å². The van der Waals surface area contributed by atoms with E-state index in [1.54, 1.807) is 23.9 Å². The van der Waals surface area contributed by atoms with E-state index in [4.69, 9.17) is 0 Å². The van der Waals surface area contributed by atoms with Crippen molar-refractivity contribution in [1.82, 2.24) is 9.21 Å². The van der Waals surface area contributed by atoms with E-state index in [1.807, 2.05) is 0 Å². The van der Waals surface area contributed by atoms with E-state index >= 15 is 0 Å². The molecule has 2 aromatic rings. The lowest BCUT2D eigenvalue weighted by Crippen LogP contribution is -2.49. The molecule has 1 aliphatic heterocycles. The summed E-state index contributed by atoms with van der Waals surface area (Å²) in [6, 6.07) is 8.71. The first-order valence-electron chi connectivity index (χ1n) is 8.42. The lowest BCUT2D eigenvalue weighted by molar-refractivity contribution is 0.197. The molecule has 0 unspecified atom stereocenters. The Morgan fingerprint density at radius 3 is 2.19 bits per heavy atom. The molecule has 1 heterocycles. The Balaban J connectivity index is 1.52. The molecule has 0 spiro atoms. The number of hydrogen-bond donors (Lipinski definition) is 0. The van der Waals surface area contributed by atoms with Crippen molar-refractivity contribution in [2.24, 2.45) is 0 Å². The normalized spacial score (nSPS) is 16.6. The average molecular weight is 416 g/mol. The van der Waals surface area contributed by atoms with Crippen LogP contribution in [0.5, 0.6) is 0 Å². The van der Waals surface area contributed by atoms with Gasteiger partial charge in [0.25, 0.3) is 0 Å². The van der Waals surface area contributed by atoms with Crippen LogP contribution in [0.1, 0.15) is 0 Å². The van der Waals surface area contributed by atoms with Gasteiger partial charge in [-0.1, -0.05) is 0 Å². The van der Waals surface area contributed by atoms with Crippen LogP contribution in [-0.2, 0) is 10.0 Å². The van der Waals surface area contributed by atoms with Gasteiger partial charge in [-0.05, 0) is 42.5 Å². The van der Waals surface area contributed by atoms with Gasteiger partial charge in [-0.3, -0.25) is 4.90 Å². The van der Waals surface area contributed by atoms with Crippen LogP contribution in [0.3, 0.4) is 0 Å². The number of benzene rings is 2. The monoisotopic (exact) mass is 416 g/mol. The van der Waals surface area contributed by atoms with E-state index in [-0.39, 0.29) is 18.9 Å². The van der Waals surface area contributed by atoms with E-state index in [2.05, 4.69) is 4.90 Å². The number of piperazine rings is 1. The number of rotatable bonds is 6. The minimum Gasteiger partial charge on any atom is -0.300 e. The minimum atomic E-state index is -4.06. The number of nitrogens with zero attached hydrogens (tertiary/aromatic N) is 2. The van der Waals surface area contributed by atoms with Crippen molar-refractivity contribution < 1.29 is 21.6 Å². The molecule has 27 heavy (non-hydrogen) atoms. The van der Waals surface area contributed by atoms with Crippen molar-refractivity contribution >= 4 is 21.8 Å². The first kappa shape index (κ1) is 20.2. The first-order chi connectivity index (χ1) is 12.9. The highest BCUT2D eigenvalue weighted by Gasteiger charge is 2.30. The fourth-order valence-electron chi connectivity index (χ4n) is 2.83. The van der Waals surface area contributed by atoms with Gasteiger partial charge in [0, 0.05) is 43.4 Å². The Kier molecular flexibility index (Phi) is 6.46. The van der Waals surface area contributed by atoms with E-state index in [0.29, 0.717) is 13.1 Å². The van der Waals surface area contributed by atoms with Crippen LogP contribution in [0.4, 0.5) is 13.2 Å². The van der Waals surface area contributed by atoms with Gasteiger partial charge in [-0.25, -0.2) is 21.6 Å². The van der Waals surface area contributed by atoms with Crippen LogP contribution in [0.15, 0.2) is 52.3 Å². The van der Waals surface area contributed by atoms with Crippen molar-refractivity contribution in [3.63, 3.8) is 0 Å². The van der Waals surface area contributed by atoms with Crippen LogP contribution in [0, 0.1) is 17.5 Å². The molecule has 0 amide bonds. The Morgan fingerprint density at radius 2 is 1.52 bits per heavy atom. The fraction of sp³-hybridized carbons (Fsp3) is 0.333. The van der Waals surface area contributed by atoms with Crippen LogP contribution >= 0.6 is 11.8 Å². The minimum absolute atomic E-state index is 0.222. The standard InChI is InChI=1S/C18H19F3N2O2S2/c19-14-1-4-16(5-2-14)26-12-11-22-7-9-23(10-8-22)27(24,25)18-13-15(20)3-6-17(18)21/h1-6,13H,7-12H2. The van der Waals surface area contributed by atoms with Gasteiger partial charge in [0.2, 0.25) is 10.0 Å². The quantitative estimate of drug-likeness (QED) is 0.678. The zero-order valence-corrected chi connectivity index (χ0v) is 16.1. The summed E-state index contributed by atoms with van der Waals surface area (Å²) >= 11 is 1.60. The average Bonchev–Trinajstić information content (AvgIpc) is 2.66. The number of hydrogen-bond acceptors (Lipinski definition) is 4. The Morgan fingerprint density at radius 1 is 0.889 bits per heavy atom. The summed E-state index contributed by atoms with van der Waals surface area (Å²) in [6.45, 7) is 2.23. The predicted molar refractivity (Wildman–Crippen MR) is 98.7 cm³/mol. The summed E-state index contributed by atoms with van der Waals surface area (Å²) in [7, 11) is -4.06. The third-order valence-corrected chi connectivity index (χ3v) is 7.24. The molecule has 1 aliphatic rings. The highest BCUT2D eigenvalue weighted by Crippen LogP contribution is 2.22. The third-order valence-electron chi connectivity index (χ3n) is 4.33. The summed E-state index contributed by atoms with van der Waals surface area (Å²) in [5.74, 6) is -1.22. The van der Waals surface area contributed by atoms with E-state index in [1.165, 1.54) is 16.4 Å². The maximum Gasteiger partial charge on any atom is 0.246 e. The molecule has 2 aromatic carbocycles. The summed E-state index contributed by atoms with van der Waals surface area (Å²) in [5, 5.41) is 0. The van der Waals surface area contributed by atoms with Gasteiger partial charge < -0.3 is 0 Å². The molecule has 0 bridgehead atoms. The topological polar surface area (TPSA) is 40.6 Å². The Bertz CT molecular complexity index is 884. The van der Waals surface area contributed by atoms with E-state index in [9.17, 15) is 21.6 Å². The van der Waals surface area contributed by atoms with Crippen LogP contribution in [0.2, 0.25) is 0 Å². The van der Waals surface area contributed by atoms with Crippen molar-refractivity contribution in [2.75, 3.05) is 38.5 Å². The Labute approximate surface area is 161 Å². The Hall–Kier alpha value is -1.55. The molecule has 0 N–H and O–H groups in total. The number of sulfonamides is 1. The maximum absolute atomic E-state index is 13.8. The first-order valence-corrected chi connectivity index (χ1v) is 10.8. The second-order valence-electron chi connectivity index (χ2n) is 6.12. The molecule has 146 valence electrons. The zero-order chi connectivity index (χ0) is 19.4. The zero-order valence-electron chi connectivity index (χ0n) is 14.4. The lowest BCUT2D eigenvalue weighted by atomic mass is 10.3. The molecule has 1 saturated heterocycles. The second-order valence-corrected chi connectivity index (χ2v) is 9.20. The molecule has 0 atom stereocenters. The number of thioether (sulfide) groups is 1. The van der Waals surface area contributed by atoms with Gasteiger partial charge in [0.1, 0.15) is 22.3 Å². The molecular weight excluding hydrogens is 397 g/mol. The van der Waals surface area contributed by atoms with Gasteiger partial charge >= 0.3 is 0 Å². The van der Waals surface area contributed by atoms with Crippen LogP contribution < -0.4 is 0 Å². The highest BCUT2D eigenvalue weighted by molar-refractivity contribution is 7.99. The summed E-state index contributed by atoms with van der Waals surface area (Å²) in [5.41, 5.74) is 0. The predicted octanol–water partition coefficient (Wildman–Crippen LogP) is 3.20. The van der Waals surface area contributed by atoms with Crippen molar-refractivity contribution in [1.29, 1.82) is 0 Å². The number of halogens is 3. The maximum atomic E-state index is 13.8. The van der Waals surface area contributed by atoms with Gasteiger partial charge in [0.15, 0.2) is 0 Å². The molecule has 9 heteroatoms. The highest BCUT2D eigenvalue weighted by atomic mass is 32.2. The van der Waals surface area contributed by atoms with Crippen molar-refractivity contribution in [3.05, 3.63) is 59.9 Å². The third kappa shape index (κ3) is 5.04. The van der Waals surface area contributed by atoms with E-state index < -0.39 is 26.6 Å². The summed E-state index contributed by atoms with van der Waals surface area (Å²) in [6.07, 6.45) is 0. The smallest absolute Gasteiger partial charge is 0.246 e. The lowest BCUT2D eigenvalue weighted by Gasteiger charge is -2.33. The fourth-order valence-corrected chi connectivity index (χ4v) is 5.24. The summed E-state index contributed by atoms with van der Waals surface area (Å²) in [4.78, 5) is 2.46. The molecule has 0 aliphatic carbocycles. The molecule has 3 rings (SSSR count). The molecular formula is C18H19F3N2O2S2. The SMILES string of the molecule is O=S(=O)(c1cc(F)ccc1F)N1CCN(CCSc2ccc(F)cc2)CC1. The molecule has 1 fully saturated rings. The molecule has 4 nitrogen and oxygen atoms in total. The van der Waals surface area contributed by atoms with Crippen molar-refractivity contribution in [3.8, 4) is 0 Å². The van der Waals surface area contributed by atoms with Crippen LogP contribution in [-0.4, -0.2) is 56.1 Å². The molecule has 0 aromatic heterocycles.